The van der Waals surface area contributed by atoms with Crippen molar-refractivity contribution in [1.29, 1.82) is 0 Å². The second kappa shape index (κ2) is 7.96. The Hall–Kier alpha value is -1.72. The Labute approximate surface area is 168 Å². The lowest BCUT2D eigenvalue weighted by molar-refractivity contribution is 0.0729. The smallest absolute Gasteiger partial charge is 0.262 e. The molecule has 0 unspecified atom stereocenters. The van der Waals surface area contributed by atoms with Crippen molar-refractivity contribution >= 4 is 37.3 Å². The van der Waals surface area contributed by atoms with E-state index in [9.17, 15) is 21.2 Å². The van der Waals surface area contributed by atoms with Gasteiger partial charge in [-0.3, -0.25) is 4.72 Å². The predicted octanol–water partition coefficient (Wildman–Crippen LogP) is 2.61. The van der Waals surface area contributed by atoms with E-state index < -0.39 is 30.8 Å². The van der Waals surface area contributed by atoms with Gasteiger partial charge in [0.25, 0.3) is 10.0 Å². The van der Waals surface area contributed by atoms with E-state index >= 15 is 0 Å². The molecule has 1 aliphatic rings. The molecule has 1 fully saturated rings. The molecule has 11 heteroatoms. The molecule has 2 aromatic carbocycles. The highest BCUT2D eigenvalue weighted by Crippen LogP contribution is 2.27. The van der Waals surface area contributed by atoms with Gasteiger partial charge in [0, 0.05) is 18.1 Å². The van der Waals surface area contributed by atoms with Crippen molar-refractivity contribution in [2.45, 2.75) is 16.7 Å². The van der Waals surface area contributed by atoms with E-state index in [0.29, 0.717) is 10.6 Å². The minimum absolute atomic E-state index is 0.0150. The molecule has 1 saturated heterocycles. The number of hydrogen-bond acceptors (Lipinski definition) is 5. The maximum absolute atomic E-state index is 14.3. The van der Waals surface area contributed by atoms with Crippen LogP contribution in [0.25, 0.3) is 0 Å². The molecular formula is C17H18ClFN2O5S2. The highest BCUT2D eigenvalue weighted by molar-refractivity contribution is 7.92. The average molecular weight is 449 g/mol. The number of anilines is 1. The maximum Gasteiger partial charge on any atom is 0.262 e. The number of ether oxygens (including phenoxy) is 1. The van der Waals surface area contributed by atoms with Crippen LogP contribution >= 0.6 is 11.6 Å². The number of benzene rings is 2. The van der Waals surface area contributed by atoms with Crippen molar-refractivity contribution in [1.82, 2.24) is 4.31 Å². The highest BCUT2D eigenvalue weighted by Gasteiger charge is 2.29. The summed E-state index contributed by atoms with van der Waals surface area (Å²) < 4.78 is 73.5. The van der Waals surface area contributed by atoms with Crippen molar-refractivity contribution in [2.24, 2.45) is 0 Å². The van der Waals surface area contributed by atoms with Crippen LogP contribution < -0.4 is 4.72 Å². The quantitative estimate of drug-likeness (QED) is 0.759. The Bertz CT molecular complexity index is 1100. The number of morpholine rings is 1. The van der Waals surface area contributed by atoms with Crippen LogP contribution in [0, 0.1) is 12.7 Å². The van der Waals surface area contributed by atoms with Crippen LogP contribution in [0.4, 0.5) is 10.1 Å². The second-order valence-electron chi connectivity index (χ2n) is 6.18. The number of halogens is 2. The van der Waals surface area contributed by atoms with Crippen molar-refractivity contribution in [3.05, 3.63) is 52.8 Å². The Morgan fingerprint density at radius 3 is 2.36 bits per heavy atom. The number of hydrogen-bond donors (Lipinski definition) is 1. The molecule has 3 rings (SSSR count). The molecule has 1 N–H and O–H groups in total. The first-order valence-corrected chi connectivity index (χ1v) is 11.6. The van der Waals surface area contributed by atoms with E-state index in [1.807, 2.05) is 0 Å². The van der Waals surface area contributed by atoms with Crippen molar-refractivity contribution < 1.29 is 26.0 Å². The largest absolute Gasteiger partial charge is 0.379 e. The van der Waals surface area contributed by atoms with E-state index in [4.69, 9.17) is 16.3 Å². The van der Waals surface area contributed by atoms with Crippen LogP contribution in [-0.4, -0.2) is 47.4 Å². The lowest BCUT2D eigenvalue weighted by Gasteiger charge is -2.26. The molecule has 0 aromatic heterocycles. The summed E-state index contributed by atoms with van der Waals surface area (Å²) in [6, 6.07) is 7.32. The zero-order valence-corrected chi connectivity index (χ0v) is 17.2. The first-order valence-electron chi connectivity index (χ1n) is 8.28. The number of aryl methyl sites for hydroxylation is 1. The zero-order chi connectivity index (χ0) is 20.5. The molecule has 1 aliphatic heterocycles. The lowest BCUT2D eigenvalue weighted by atomic mass is 10.2. The number of rotatable bonds is 5. The van der Waals surface area contributed by atoms with Crippen LogP contribution in [0.5, 0.6) is 0 Å². The number of nitrogens with one attached hydrogen (secondary N) is 1. The van der Waals surface area contributed by atoms with Gasteiger partial charge in [0.05, 0.1) is 23.8 Å². The molecule has 1 heterocycles. The summed E-state index contributed by atoms with van der Waals surface area (Å²) in [5.74, 6) is -0.961. The Kier molecular flexibility index (Phi) is 5.97. The van der Waals surface area contributed by atoms with E-state index in [2.05, 4.69) is 4.72 Å². The van der Waals surface area contributed by atoms with Gasteiger partial charge in [0.15, 0.2) is 0 Å². The molecule has 7 nitrogen and oxygen atoms in total. The fraction of sp³-hybridized carbons (Fsp3) is 0.294. The van der Waals surface area contributed by atoms with Gasteiger partial charge >= 0.3 is 0 Å². The van der Waals surface area contributed by atoms with Crippen molar-refractivity contribution in [2.75, 3.05) is 31.0 Å². The third-order valence-electron chi connectivity index (χ3n) is 4.20. The monoisotopic (exact) mass is 448 g/mol. The van der Waals surface area contributed by atoms with E-state index in [0.717, 1.165) is 22.5 Å². The van der Waals surface area contributed by atoms with Gasteiger partial charge in [-0.1, -0.05) is 11.6 Å². The Morgan fingerprint density at radius 1 is 1.04 bits per heavy atom. The van der Waals surface area contributed by atoms with Crippen LogP contribution in [-0.2, 0) is 24.8 Å². The van der Waals surface area contributed by atoms with E-state index in [-0.39, 0.29) is 36.9 Å². The summed E-state index contributed by atoms with van der Waals surface area (Å²) in [6.45, 7) is 2.20. The third-order valence-corrected chi connectivity index (χ3v) is 7.89. The second-order valence-corrected chi connectivity index (χ2v) is 10.2. The molecule has 152 valence electrons. The van der Waals surface area contributed by atoms with Gasteiger partial charge in [-0.05, 0) is 48.9 Å². The highest BCUT2D eigenvalue weighted by atomic mass is 35.5. The molecule has 0 atom stereocenters. The van der Waals surface area contributed by atoms with Crippen LogP contribution in [0.2, 0.25) is 5.02 Å². The summed E-state index contributed by atoms with van der Waals surface area (Å²) in [6.07, 6.45) is 0. The van der Waals surface area contributed by atoms with Gasteiger partial charge in [-0.2, -0.15) is 4.31 Å². The first kappa shape index (κ1) is 21.0. The van der Waals surface area contributed by atoms with Gasteiger partial charge in [0.2, 0.25) is 10.0 Å². The standard InChI is InChI=1S/C17H18ClFN2O5S2/c1-12-10-13(18)2-5-16(12)27(22,23)20-14-3-4-15(19)17(11-14)28(24,25)21-6-8-26-9-7-21/h2-5,10-11,20H,6-9H2,1H3. The van der Waals surface area contributed by atoms with Gasteiger partial charge < -0.3 is 4.74 Å². The summed E-state index contributed by atoms with van der Waals surface area (Å²) >= 11 is 5.85. The number of sulfonamides is 2. The Morgan fingerprint density at radius 2 is 1.71 bits per heavy atom. The van der Waals surface area contributed by atoms with Crippen molar-refractivity contribution in [3.8, 4) is 0 Å². The summed E-state index contributed by atoms with van der Waals surface area (Å²) in [5, 5.41) is 0.386. The van der Waals surface area contributed by atoms with Crippen molar-refractivity contribution in [3.63, 3.8) is 0 Å². The normalized spacial score (nSPS) is 16.1. The fourth-order valence-corrected chi connectivity index (χ4v) is 5.82. The molecule has 0 spiro atoms. The summed E-state index contributed by atoms with van der Waals surface area (Å²) in [5.41, 5.74) is 0.353. The molecule has 0 saturated carbocycles. The fourth-order valence-electron chi connectivity index (χ4n) is 2.82. The van der Waals surface area contributed by atoms with Crippen LogP contribution in [0.15, 0.2) is 46.2 Å². The molecule has 0 bridgehead atoms. The first-order chi connectivity index (χ1) is 13.1. The maximum atomic E-state index is 14.3. The molecule has 2 aromatic rings. The zero-order valence-electron chi connectivity index (χ0n) is 14.9. The third kappa shape index (κ3) is 4.31. The minimum atomic E-state index is -4.12. The van der Waals surface area contributed by atoms with Gasteiger partial charge in [-0.15, -0.1) is 0 Å². The minimum Gasteiger partial charge on any atom is -0.379 e. The van der Waals surface area contributed by atoms with Crippen LogP contribution in [0.1, 0.15) is 5.56 Å². The molecule has 0 aliphatic carbocycles. The molecule has 0 amide bonds. The van der Waals surface area contributed by atoms with Crippen LogP contribution in [0.3, 0.4) is 0 Å². The molecular weight excluding hydrogens is 431 g/mol. The predicted molar refractivity (Wildman–Crippen MR) is 103 cm³/mol. The van der Waals surface area contributed by atoms with Gasteiger partial charge in [-0.25, -0.2) is 21.2 Å². The van der Waals surface area contributed by atoms with E-state index in [1.165, 1.54) is 18.2 Å². The Balaban J connectivity index is 1.95. The molecule has 28 heavy (non-hydrogen) atoms. The average Bonchev–Trinajstić information content (AvgIpc) is 2.63. The van der Waals surface area contributed by atoms with E-state index in [1.54, 1.807) is 6.92 Å². The SMILES string of the molecule is Cc1cc(Cl)ccc1S(=O)(=O)Nc1ccc(F)c(S(=O)(=O)N2CCOCC2)c1. The lowest BCUT2D eigenvalue weighted by Crippen LogP contribution is -2.40. The summed E-state index contributed by atoms with van der Waals surface area (Å²) in [4.78, 5) is -0.610. The number of nitrogens with zero attached hydrogens (tertiary/aromatic N) is 1. The van der Waals surface area contributed by atoms with Gasteiger partial charge in [0.1, 0.15) is 10.7 Å². The molecule has 0 radical (unpaired) electrons. The topological polar surface area (TPSA) is 92.8 Å². The summed E-state index contributed by atoms with van der Waals surface area (Å²) in [7, 11) is -8.14.